The molecule has 4 aromatic rings. The number of hydrogen-bond acceptors (Lipinski definition) is 6. The summed E-state index contributed by atoms with van der Waals surface area (Å²) in [5, 5.41) is 1.96. The lowest BCUT2D eigenvalue weighted by Gasteiger charge is -2.04. The highest BCUT2D eigenvalue weighted by Crippen LogP contribution is 2.21. The Balaban J connectivity index is 1.83. The number of ether oxygens (including phenoxy) is 2. The minimum atomic E-state index is -0.476. The smallest absolute Gasteiger partial charge is 0.337 e. The van der Waals surface area contributed by atoms with E-state index in [0.717, 1.165) is 10.8 Å². The fourth-order valence-corrected chi connectivity index (χ4v) is 4.29. The van der Waals surface area contributed by atoms with Gasteiger partial charge in [0.2, 0.25) is 0 Å². The second-order valence-electron chi connectivity index (χ2n) is 6.70. The van der Waals surface area contributed by atoms with Gasteiger partial charge in [-0.3, -0.25) is 9.59 Å². The first-order valence-electron chi connectivity index (χ1n) is 9.36. The van der Waals surface area contributed by atoms with Gasteiger partial charge in [0.05, 0.1) is 30.0 Å². The Morgan fingerprint density at radius 2 is 1.65 bits per heavy atom. The van der Waals surface area contributed by atoms with Crippen LogP contribution in [0.4, 0.5) is 0 Å². The standard InChI is InChI=1S/C23H18N2O5S/c1-29-20(26)13-25-18-10-9-17(22(28)30-2)12-19(18)31-23(25)24-21(27)16-8-7-14-5-3-4-6-15(14)11-16/h3-12H,13H2,1-2H3. The zero-order chi connectivity index (χ0) is 22.0. The lowest BCUT2D eigenvalue weighted by Crippen LogP contribution is -2.22. The number of carbonyl (C=O) groups excluding carboxylic acids is 3. The topological polar surface area (TPSA) is 87.0 Å². The van der Waals surface area contributed by atoms with Crippen LogP contribution in [0.3, 0.4) is 0 Å². The van der Waals surface area contributed by atoms with E-state index in [4.69, 9.17) is 9.47 Å². The van der Waals surface area contributed by atoms with Crippen molar-refractivity contribution in [3.8, 4) is 0 Å². The van der Waals surface area contributed by atoms with Crippen LogP contribution in [0.5, 0.6) is 0 Å². The molecule has 3 aromatic carbocycles. The maximum atomic E-state index is 12.9. The molecule has 0 radical (unpaired) electrons. The highest BCUT2D eigenvalue weighted by atomic mass is 32.1. The number of carbonyl (C=O) groups is 3. The Kier molecular flexibility index (Phi) is 5.64. The summed E-state index contributed by atoms with van der Waals surface area (Å²) in [5.74, 6) is -1.37. The van der Waals surface area contributed by atoms with Gasteiger partial charge in [0, 0.05) is 5.56 Å². The molecule has 0 saturated carbocycles. The summed E-state index contributed by atoms with van der Waals surface area (Å²) in [4.78, 5) is 41.3. The van der Waals surface area contributed by atoms with Crippen LogP contribution in [0, 0.1) is 0 Å². The quantitative estimate of drug-likeness (QED) is 0.459. The Morgan fingerprint density at radius 1 is 0.903 bits per heavy atom. The average Bonchev–Trinajstić information content (AvgIpc) is 3.13. The molecule has 1 heterocycles. The molecule has 0 N–H and O–H groups in total. The Morgan fingerprint density at radius 3 is 2.39 bits per heavy atom. The number of rotatable bonds is 4. The van der Waals surface area contributed by atoms with E-state index in [-0.39, 0.29) is 6.54 Å². The number of nitrogens with zero attached hydrogens (tertiary/aromatic N) is 2. The third-order valence-corrected chi connectivity index (χ3v) is 5.85. The fraction of sp³-hybridized carbons (Fsp3) is 0.130. The number of hydrogen-bond donors (Lipinski definition) is 0. The number of aromatic nitrogens is 1. The third-order valence-electron chi connectivity index (χ3n) is 4.81. The lowest BCUT2D eigenvalue weighted by atomic mass is 10.1. The lowest BCUT2D eigenvalue weighted by molar-refractivity contribution is -0.141. The van der Waals surface area contributed by atoms with Crippen LogP contribution >= 0.6 is 11.3 Å². The van der Waals surface area contributed by atoms with Crippen LogP contribution in [-0.2, 0) is 20.8 Å². The molecule has 0 spiro atoms. The van der Waals surface area contributed by atoms with E-state index in [1.165, 1.54) is 25.6 Å². The first-order valence-corrected chi connectivity index (χ1v) is 10.2. The molecule has 1 aromatic heterocycles. The monoisotopic (exact) mass is 434 g/mol. The van der Waals surface area contributed by atoms with Crippen molar-refractivity contribution in [2.75, 3.05) is 14.2 Å². The van der Waals surface area contributed by atoms with E-state index >= 15 is 0 Å². The van der Waals surface area contributed by atoms with Gasteiger partial charge >= 0.3 is 11.9 Å². The molecule has 31 heavy (non-hydrogen) atoms. The molecule has 0 aliphatic heterocycles. The predicted molar refractivity (Wildman–Crippen MR) is 117 cm³/mol. The van der Waals surface area contributed by atoms with Crippen molar-refractivity contribution in [1.82, 2.24) is 4.57 Å². The highest BCUT2D eigenvalue weighted by molar-refractivity contribution is 7.16. The summed E-state index contributed by atoms with van der Waals surface area (Å²) in [5.41, 5.74) is 1.47. The van der Waals surface area contributed by atoms with Crippen molar-refractivity contribution in [2.45, 2.75) is 6.54 Å². The van der Waals surface area contributed by atoms with E-state index in [1.807, 2.05) is 30.3 Å². The molecule has 0 unspecified atom stereocenters. The predicted octanol–water partition coefficient (Wildman–Crippen LogP) is 3.56. The molecular formula is C23H18N2O5S. The van der Waals surface area contributed by atoms with Crippen LogP contribution in [0.15, 0.2) is 65.7 Å². The van der Waals surface area contributed by atoms with Gasteiger partial charge in [-0.1, -0.05) is 41.7 Å². The Hall–Kier alpha value is -3.78. The summed E-state index contributed by atoms with van der Waals surface area (Å²) in [6.45, 7) is -0.113. The van der Waals surface area contributed by atoms with Crippen LogP contribution in [0.1, 0.15) is 20.7 Å². The minimum Gasteiger partial charge on any atom is -0.468 e. The molecule has 7 nitrogen and oxygen atoms in total. The summed E-state index contributed by atoms with van der Waals surface area (Å²) in [6, 6.07) is 18.1. The summed E-state index contributed by atoms with van der Waals surface area (Å²) in [7, 11) is 2.60. The zero-order valence-electron chi connectivity index (χ0n) is 16.8. The van der Waals surface area contributed by atoms with Crippen LogP contribution in [0.2, 0.25) is 0 Å². The van der Waals surface area contributed by atoms with Crippen LogP contribution in [-0.4, -0.2) is 36.6 Å². The number of benzene rings is 3. The summed E-state index contributed by atoms with van der Waals surface area (Å²) in [6.07, 6.45) is 0. The van der Waals surface area contributed by atoms with Gasteiger partial charge in [-0.2, -0.15) is 4.99 Å². The molecule has 0 aliphatic rings. The van der Waals surface area contributed by atoms with Crippen molar-refractivity contribution < 1.29 is 23.9 Å². The molecule has 8 heteroatoms. The molecule has 1 amide bonds. The van der Waals surface area contributed by atoms with Gasteiger partial charge in [0.1, 0.15) is 6.54 Å². The van der Waals surface area contributed by atoms with Gasteiger partial charge in [-0.15, -0.1) is 0 Å². The highest BCUT2D eigenvalue weighted by Gasteiger charge is 2.15. The largest absolute Gasteiger partial charge is 0.468 e. The van der Waals surface area contributed by atoms with Gasteiger partial charge in [-0.05, 0) is 41.1 Å². The second-order valence-corrected chi connectivity index (χ2v) is 7.71. The van der Waals surface area contributed by atoms with Crippen molar-refractivity contribution in [2.24, 2.45) is 4.99 Å². The van der Waals surface area contributed by atoms with E-state index in [2.05, 4.69) is 4.99 Å². The number of methoxy groups -OCH3 is 2. The first kappa shape index (κ1) is 20.5. The third kappa shape index (κ3) is 4.10. The van der Waals surface area contributed by atoms with Crippen molar-refractivity contribution >= 4 is 50.2 Å². The zero-order valence-corrected chi connectivity index (χ0v) is 17.6. The van der Waals surface area contributed by atoms with Crippen molar-refractivity contribution in [3.63, 3.8) is 0 Å². The molecule has 0 fully saturated rings. The van der Waals surface area contributed by atoms with E-state index in [1.54, 1.807) is 34.9 Å². The normalized spacial score (nSPS) is 11.6. The van der Waals surface area contributed by atoms with Gasteiger partial charge < -0.3 is 14.0 Å². The maximum absolute atomic E-state index is 12.9. The molecule has 0 bridgehead atoms. The SMILES string of the molecule is COC(=O)Cn1c(=NC(=O)c2ccc3ccccc3c2)sc2cc(C(=O)OC)ccc21. The van der Waals surface area contributed by atoms with Gasteiger partial charge in [0.15, 0.2) is 4.80 Å². The molecule has 0 saturated heterocycles. The fourth-order valence-electron chi connectivity index (χ4n) is 3.22. The molecular weight excluding hydrogens is 416 g/mol. The number of amides is 1. The molecule has 0 atom stereocenters. The van der Waals surface area contributed by atoms with Gasteiger partial charge in [0.25, 0.3) is 5.91 Å². The van der Waals surface area contributed by atoms with Gasteiger partial charge in [-0.25, -0.2) is 4.79 Å². The number of fused-ring (bicyclic) bond motifs is 2. The summed E-state index contributed by atoms with van der Waals surface area (Å²) < 4.78 is 11.9. The first-order chi connectivity index (χ1) is 15.0. The van der Waals surface area contributed by atoms with Crippen molar-refractivity contribution in [1.29, 1.82) is 0 Å². The molecule has 156 valence electrons. The second kappa shape index (κ2) is 8.53. The Bertz CT molecular complexity index is 1400. The molecule has 0 aliphatic carbocycles. The van der Waals surface area contributed by atoms with E-state index < -0.39 is 17.8 Å². The van der Waals surface area contributed by atoms with Crippen molar-refractivity contribution in [3.05, 3.63) is 76.6 Å². The maximum Gasteiger partial charge on any atom is 0.337 e. The summed E-state index contributed by atoms with van der Waals surface area (Å²) >= 11 is 1.20. The minimum absolute atomic E-state index is 0.113. The number of esters is 2. The average molecular weight is 434 g/mol. The Labute approximate surface area is 181 Å². The van der Waals surface area contributed by atoms with E-state index in [0.29, 0.717) is 26.1 Å². The van der Waals surface area contributed by atoms with E-state index in [9.17, 15) is 14.4 Å². The molecule has 4 rings (SSSR count). The van der Waals surface area contributed by atoms with Crippen LogP contribution < -0.4 is 4.80 Å². The van der Waals surface area contributed by atoms with Crippen LogP contribution in [0.25, 0.3) is 21.0 Å². The number of thiazole rings is 1.